The minimum atomic E-state index is -0.327. The van der Waals surface area contributed by atoms with Crippen molar-refractivity contribution in [2.75, 3.05) is 6.54 Å². The molecule has 0 heterocycles. The molecule has 3 heteroatoms. The van der Waals surface area contributed by atoms with Crippen molar-refractivity contribution in [2.24, 2.45) is 0 Å². The van der Waals surface area contributed by atoms with Crippen LogP contribution in [0.15, 0.2) is 30.9 Å². The summed E-state index contributed by atoms with van der Waals surface area (Å²) in [7, 11) is 0. The monoisotopic (exact) mass is 251 g/mol. The predicted octanol–water partition coefficient (Wildman–Crippen LogP) is 3.84. The van der Waals surface area contributed by atoms with Crippen LogP contribution in [0.5, 0.6) is 5.75 Å². The number of halogens is 1. The number of nitrogens with one attached hydrogen (secondary N) is 1. The molecule has 1 aromatic carbocycles. The lowest BCUT2D eigenvalue weighted by molar-refractivity contribution is 0.257. The van der Waals surface area contributed by atoms with Crippen LogP contribution < -0.4 is 10.1 Å². The van der Waals surface area contributed by atoms with Crippen LogP contribution in [0.3, 0.4) is 0 Å². The second kappa shape index (κ2) is 7.17. The SMILES string of the molecule is C=CC(C)Oc1ccc(C(C)NCCC)cc1F. The first kappa shape index (κ1) is 14.7. The van der Waals surface area contributed by atoms with E-state index in [0.717, 1.165) is 18.5 Å². The van der Waals surface area contributed by atoms with Gasteiger partial charge < -0.3 is 10.1 Å². The Morgan fingerprint density at radius 2 is 2.17 bits per heavy atom. The molecule has 1 aromatic rings. The fourth-order valence-corrected chi connectivity index (χ4v) is 1.61. The molecule has 0 aromatic heterocycles. The summed E-state index contributed by atoms with van der Waals surface area (Å²) in [4.78, 5) is 0. The maximum absolute atomic E-state index is 13.8. The molecule has 0 radical (unpaired) electrons. The van der Waals surface area contributed by atoms with E-state index >= 15 is 0 Å². The second-order valence-corrected chi connectivity index (χ2v) is 4.42. The molecule has 18 heavy (non-hydrogen) atoms. The Morgan fingerprint density at radius 1 is 1.44 bits per heavy atom. The Kier molecular flexibility index (Phi) is 5.86. The van der Waals surface area contributed by atoms with Crippen molar-refractivity contribution in [1.82, 2.24) is 5.32 Å². The maximum atomic E-state index is 13.8. The van der Waals surface area contributed by atoms with Gasteiger partial charge in [0.25, 0.3) is 0 Å². The normalized spacial score (nSPS) is 14.0. The molecule has 0 saturated carbocycles. The average molecular weight is 251 g/mol. The summed E-state index contributed by atoms with van der Waals surface area (Å²) in [5.74, 6) is -0.0554. The van der Waals surface area contributed by atoms with Gasteiger partial charge in [-0.3, -0.25) is 0 Å². The van der Waals surface area contributed by atoms with Gasteiger partial charge in [-0.25, -0.2) is 4.39 Å². The summed E-state index contributed by atoms with van der Waals surface area (Å²) in [5, 5.41) is 3.32. The van der Waals surface area contributed by atoms with Gasteiger partial charge in [0.15, 0.2) is 11.6 Å². The molecule has 0 spiro atoms. The molecule has 0 aliphatic rings. The molecule has 100 valence electrons. The highest BCUT2D eigenvalue weighted by Crippen LogP contribution is 2.23. The van der Waals surface area contributed by atoms with Crippen LogP contribution in [0.25, 0.3) is 0 Å². The summed E-state index contributed by atoms with van der Waals surface area (Å²) in [6.07, 6.45) is 2.50. The van der Waals surface area contributed by atoms with Crippen LogP contribution in [-0.2, 0) is 0 Å². The molecule has 0 amide bonds. The third-order valence-electron chi connectivity index (χ3n) is 2.80. The van der Waals surface area contributed by atoms with E-state index in [2.05, 4.69) is 18.8 Å². The summed E-state index contributed by atoms with van der Waals surface area (Å²) in [6.45, 7) is 10.5. The van der Waals surface area contributed by atoms with Crippen molar-refractivity contribution < 1.29 is 9.13 Å². The van der Waals surface area contributed by atoms with E-state index in [-0.39, 0.29) is 23.7 Å². The fourth-order valence-electron chi connectivity index (χ4n) is 1.61. The molecule has 0 bridgehead atoms. The van der Waals surface area contributed by atoms with E-state index in [4.69, 9.17) is 4.74 Å². The van der Waals surface area contributed by atoms with Gasteiger partial charge >= 0.3 is 0 Å². The van der Waals surface area contributed by atoms with Gasteiger partial charge in [0.2, 0.25) is 0 Å². The minimum Gasteiger partial charge on any atom is -0.484 e. The first-order chi connectivity index (χ1) is 8.58. The Labute approximate surface area is 109 Å². The van der Waals surface area contributed by atoms with E-state index in [0.29, 0.717) is 0 Å². The smallest absolute Gasteiger partial charge is 0.165 e. The largest absolute Gasteiger partial charge is 0.484 e. The number of hydrogen-bond acceptors (Lipinski definition) is 2. The molecule has 1 N–H and O–H groups in total. The lowest BCUT2D eigenvalue weighted by Gasteiger charge is -2.16. The van der Waals surface area contributed by atoms with Gasteiger partial charge in [-0.05, 0) is 44.5 Å². The zero-order valence-corrected chi connectivity index (χ0v) is 11.4. The number of rotatable bonds is 7. The Bertz CT molecular complexity index is 392. The molecule has 2 atom stereocenters. The van der Waals surface area contributed by atoms with Gasteiger partial charge in [0.05, 0.1) is 0 Å². The summed E-state index contributed by atoms with van der Waals surface area (Å²) >= 11 is 0. The van der Waals surface area contributed by atoms with Gasteiger partial charge in [-0.1, -0.05) is 25.6 Å². The summed E-state index contributed by atoms with van der Waals surface area (Å²) < 4.78 is 19.2. The van der Waals surface area contributed by atoms with Gasteiger partial charge in [0, 0.05) is 6.04 Å². The highest BCUT2D eigenvalue weighted by atomic mass is 19.1. The molecule has 0 saturated heterocycles. The molecular weight excluding hydrogens is 229 g/mol. The van der Waals surface area contributed by atoms with Crippen molar-refractivity contribution in [3.05, 3.63) is 42.2 Å². The van der Waals surface area contributed by atoms with E-state index in [1.165, 1.54) is 6.07 Å². The summed E-state index contributed by atoms with van der Waals surface area (Å²) in [6, 6.07) is 5.24. The fraction of sp³-hybridized carbons (Fsp3) is 0.467. The van der Waals surface area contributed by atoms with Gasteiger partial charge in [0.1, 0.15) is 6.10 Å². The number of ether oxygens (including phenoxy) is 1. The Hall–Kier alpha value is -1.35. The van der Waals surface area contributed by atoms with E-state index in [1.54, 1.807) is 12.1 Å². The topological polar surface area (TPSA) is 21.3 Å². The minimum absolute atomic E-state index is 0.144. The van der Waals surface area contributed by atoms with Crippen molar-refractivity contribution in [3.63, 3.8) is 0 Å². The zero-order valence-electron chi connectivity index (χ0n) is 11.4. The zero-order chi connectivity index (χ0) is 13.5. The number of benzene rings is 1. The van der Waals surface area contributed by atoms with Crippen LogP contribution >= 0.6 is 0 Å². The van der Waals surface area contributed by atoms with Crippen LogP contribution in [0, 0.1) is 5.82 Å². The molecule has 1 rings (SSSR count). The van der Waals surface area contributed by atoms with E-state index < -0.39 is 0 Å². The maximum Gasteiger partial charge on any atom is 0.165 e. The highest BCUT2D eigenvalue weighted by Gasteiger charge is 2.10. The molecule has 0 fully saturated rings. The van der Waals surface area contributed by atoms with Crippen molar-refractivity contribution >= 4 is 0 Å². The average Bonchev–Trinajstić information content (AvgIpc) is 2.38. The van der Waals surface area contributed by atoms with Crippen molar-refractivity contribution in [2.45, 2.75) is 39.3 Å². The quantitative estimate of drug-likeness (QED) is 0.743. The van der Waals surface area contributed by atoms with Crippen LogP contribution in [0.1, 0.15) is 38.8 Å². The molecule has 2 unspecified atom stereocenters. The number of hydrogen-bond donors (Lipinski definition) is 1. The van der Waals surface area contributed by atoms with Crippen LogP contribution in [-0.4, -0.2) is 12.6 Å². The lowest BCUT2D eigenvalue weighted by atomic mass is 10.1. The van der Waals surface area contributed by atoms with Crippen molar-refractivity contribution in [3.8, 4) is 5.75 Å². The highest BCUT2D eigenvalue weighted by molar-refractivity contribution is 5.31. The Balaban J connectivity index is 2.75. The molecule has 0 aliphatic carbocycles. The predicted molar refractivity (Wildman–Crippen MR) is 73.4 cm³/mol. The molecule has 2 nitrogen and oxygen atoms in total. The van der Waals surface area contributed by atoms with Gasteiger partial charge in [-0.15, -0.1) is 0 Å². The Morgan fingerprint density at radius 3 is 2.72 bits per heavy atom. The van der Waals surface area contributed by atoms with Gasteiger partial charge in [-0.2, -0.15) is 0 Å². The second-order valence-electron chi connectivity index (χ2n) is 4.42. The first-order valence-corrected chi connectivity index (χ1v) is 6.40. The van der Waals surface area contributed by atoms with Crippen molar-refractivity contribution in [1.29, 1.82) is 0 Å². The van der Waals surface area contributed by atoms with E-state index in [1.807, 2.05) is 19.9 Å². The molecule has 0 aliphatic heterocycles. The standard InChI is InChI=1S/C15H22FNO/c1-5-9-17-12(4)13-7-8-15(14(16)10-13)18-11(3)6-2/h6-8,10-12,17H,2,5,9H2,1,3-4H3. The molecular formula is C15H22FNO. The van der Waals surface area contributed by atoms with E-state index in [9.17, 15) is 4.39 Å². The van der Waals surface area contributed by atoms with Crippen LogP contribution in [0.2, 0.25) is 0 Å². The lowest BCUT2D eigenvalue weighted by Crippen LogP contribution is -2.19. The first-order valence-electron chi connectivity index (χ1n) is 6.40. The summed E-state index contributed by atoms with van der Waals surface area (Å²) in [5.41, 5.74) is 0.930. The third-order valence-corrected chi connectivity index (χ3v) is 2.80. The third kappa shape index (κ3) is 4.15. The van der Waals surface area contributed by atoms with Crippen LogP contribution in [0.4, 0.5) is 4.39 Å².